The molecule has 0 aliphatic carbocycles. The van der Waals surface area contributed by atoms with Crippen molar-refractivity contribution < 1.29 is 4.39 Å². The topological polar surface area (TPSA) is 18.5 Å². The number of halogens is 1. The molecule has 0 radical (unpaired) electrons. The van der Waals surface area contributed by atoms with Gasteiger partial charge in [-0.15, -0.1) is 0 Å². The van der Waals surface area contributed by atoms with Crippen LogP contribution in [0.15, 0.2) is 24.3 Å². The first-order chi connectivity index (χ1) is 9.13. The normalized spacial score (nSPS) is 11.3. The maximum atomic E-state index is 13.4. The van der Waals surface area contributed by atoms with Gasteiger partial charge >= 0.3 is 0 Å². The van der Waals surface area contributed by atoms with Crippen LogP contribution in [0.4, 0.5) is 10.1 Å². The van der Waals surface area contributed by atoms with Crippen molar-refractivity contribution in [3.05, 3.63) is 30.1 Å². The van der Waals surface area contributed by atoms with E-state index in [-0.39, 0.29) is 5.82 Å². The SMILES string of the molecule is CCCN(CCNc1ccccc1F)CCN(C)C. The van der Waals surface area contributed by atoms with E-state index in [1.807, 2.05) is 6.07 Å². The molecule has 1 aromatic rings. The molecule has 0 saturated carbocycles. The second-order valence-corrected chi connectivity index (χ2v) is 5.05. The molecule has 3 nitrogen and oxygen atoms in total. The van der Waals surface area contributed by atoms with Crippen LogP contribution >= 0.6 is 0 Å². The number of para-hydroxylation sites is 1. The molecule has 0 aliphatic heterocycles. The fourth-order valence-electron chi connectivity index (χ4n) is 1.95. The van der Waals surface area contributed by atoms with Crippen molar-refractivity contribution in [3.8, 4) is 0 Å². The van der Waals surface area contributed by atoms with E-state index in [1.165, 1.54) is 6.07 Å². The van der Waals surface area contributed by atoms with Crippen molar-refractivity contribution in [2.24, 2.45) is 0 Å². The fraction of sp³-hybridized carbons (Fsp3) is 0.600. The molecule has 0 spiro atoms. The maximum Gasteiger partial charge on any atom is 0.146 e. The molecule has 1 rings (SSSR count). The van der Waals surface area contributed by atoms with E-state index < -0.39 is 0 Å². The molecular formula is C15H26FN3. The largest absolute Gasteiger partial charge is 0.381 e. The highest BCUT2D eigenvalue weighted by atomic mass is 19.1. The second-order valence-electron chi connectivity index (χ2n) is 5.05. The van der Waals surface area contributed by atoms with E-state index in [9.17, 15) is 4.39 Å². The first kappa shape index (κ1) is 15.9. The lowest BCUT2D eigenvalue weighted by atomic mass is 10.3. The minimum absolute atomic E-state index is 0.183. The first-order valence-electron chi connectivity index (χ1n) is 6.99. The van der Waals surface area contributed by atoms with Crippen molar-refractivity contribution in [1.82, 2.24) is 9.80 Å². The summed E-state index contributed by atoms with van der Waals surface area (Å²) < 4.78 is 13.4. The van der Waals surface area contributed by atoms with Gasteiger partial charge in [-0.05, 0) is 39.2 Å². The number of nitrogens with zero attached hydrogens (tertiary/aromatic N) is 2. The zero-order valence-corrected chi connectivity index (χ0v) is 12.3. The number of rotatable bonds is 9. The number of anilines is 1. The molecule has 0 fully saturated rings. The lowest BCUT2D eigenvalue weighted by Gasteiger charge is -2.23. The Kier molecular flexibility index (Phi) is 7.45. The predicted octanol–water partition coefficient (Wildman–Crippen LogP) is 2.51. The van der Waals surface area contributed by atoms with E-state index in [1.54, 1.807) is 12.1 Å². The van der Waals surface area contributed by atoms with Crippen LogP contribution in [0.5, 0.6) is 0 Å². The summed E-state index contributed by atoms with van der Waals surface area (Å²) in [6.07, 6.45) is 1.15. The van der Waals surface area contributed by atoms with Gasteiger partial charge in [0.15, 0.2) is 0 Å². The molecule has 0 heterocycles. The molecule has 0 aliphatic rings. The smallest absolute Gasteiger partial charge is 0.146 e. The van der Waals surface area contributed by atoms with Gasteiger partial charge in [-0.3, -0.25) is 0 Å². The second kappa shape index (κ2) is 8.88. The Morgan fingerprint density at radius 3 is 2.42 bits per heavy atom. The quantitative estimate of drug-likeness (QED) is 0.741. The van der Waals surface area contributed by atoms with Gasteiger partial charge in [-0.25, -0.2) is 4.39 Å². The van der Waals surface area contributed by atoms with Crippen LogP contribution in [-0.4, -0.2) is 56.6 Å². The molecule has 1 N–H and O–H groups in total. The van der Waals surface area contributed by atoms with Gasteiger partial charge in [-0.2, -0.15) is 0 Å². The average Bonchev–Trinajstić information content (AvgIpc) is 2.38. The van der Waals surface area contributed by atoms with E-state index in [0.29, 0.717) is 5.69 Å². The summed E-state index contributed by atoms with van der Waals surface area (Å²) in [5.74, 6) is -0.183. The van der Waals surface area contributed by atoms with Crippen LogP contribution in [0.2, 0.25) is 0 Å². The summed E-state index contributed by atoms with van der Waals surface area (Å²) in [5, 5.41) is 3.16. The maximum absolute atomic E-state index is 13.4. The molecule has 0 atom stereocenters. The van der Waals surface area contributed by atoms with Crippen LogP contribution in [0.3, 0.4) is 0 Å². The van der Waals surface area contributed by atoms with Crippen molar-refractivity contribution in [1.29, 1.82) is 0 Å². The van der Waals surface area contributed by atoms with Gasteiger partial charge in [0.05, 0.1) is 5.69 Å². The molecule has 1 aromatic carbocycles. The molecule has 0 amide bonds. The minimum atomic E-state index is -0.183. The number of benzene rings is 1. The Bertz CT molecular complexity index is 355. The van der Waals surface area contributed by atoms with Crippen molar-refractivity contribution in [2.75, 3.05) is 52.1 Å². The summed E-state index contributed by atoms with van der Waals surface area (Å²) >= 11 is 0. The third-order valence-electron chi connectivity index (χ3n) is 3.02. The Labute approximate surface area is 116 Å². The highest BCUT2D eigenvalue weighted by Crippen LogP contribution is 2.11. The molecule has 0 bridgehead atoms. The Balaban J connectivity index is 2.33. The van der Waals surface area contributed by atoms with Crippen LogP contribution in [0, 0.1) is 5.82 Å². The predicted molar refractivity (Wildman–Crippen MR) is 80.2 cm³/mol. The highest BCUT2D eigenvalue weighted by molar-refractivity contribution is 5.44. The van der Waals surface area contributed by atoms with Crippen molar-refractivity contribution in [3.63, 3.8) is 0 Å². The number of nitrogens with one attached hydrogen (secondary N) is 1. The first-order valence-corrected chi connectivity index (χ1v) is 6.99. The summed E-state index contributed by atoms with van der Waals surface area (Å²) in [6.45, 7) is 7.10. The molecule has 4 heteroatoms. The van der Waals surface area contributed by atoms with E-state index in [2.05, 4.69) is 36.1 Å². The molecule has 0 unspecified atom stereocenters. The number of hydrogen-bond donors (Lipinski definition) is 1. The molecule has 0 saturated heterocycles. The summed E-state index contributed by atoms with van der Waals surface area (Å²) in [4.78, 5) is 4.60. The summed E-state index contributed by atoms with van der Waals surface area (Å²) in [7, 11) is 4.17. The number of likely N-dealkylation sites (N-methyl/N-ethyl adjacent to an activating group) is 1. The molecular weight excluding hydrogens is 241 g/mol. The van der Waals surface area contributed by atoms with Crippen molar-refractivity contribution in [2.45, 2.75) is 13.3 Å². The lowest BCUT2D eigenvalue weighted by molar-refractivity contribution is 0.248. The lowest BCUT2D eigenvalue weighted by Crippen LogP contribution is -2.35. The van der Waals surface area contributed by atoms with E-state index >= 15 is 0 Å². The third kappa shape index (κ3) is 6.55. The van der Waals surface area contributed by atoms with Gasteiger partial charge < -0.3 is 15.1 Å². The minimum Gasteiger partial charge on any atom is -0.381 e. The zero-order valence-electron chi connectivity index (χ0n) is 12.3. The molecule has 19 heavy (non-hydrogen) atoms. The third-order valence-corrected chi connectivity index (χ3v) is 3.02. The standard InChI is InChI=1S/C15H26FN3/c1-4-10-19(13-12-18(2)3)11-9-17-15-8-6-5-7-14(15)16/h5-8,17H,4,9-13H2,1-3H3. The highest BCUT2D eigenvalue weighted by Gasteiger charge is 2.05. The fourth-order valence-corrected chi connectivity index (χ4v) is 1.95. The zero-order chi connectivity index (χ0) is 14.1. The van der Waals surface area contributed by atoms with Gasteiger partial charge in [-0.1, -0.05) is 19.1 Å². The molecule has 0 aromatic heterocycles. The Hall–Kier alpha value is -1.13. The number of hydrogen-bond acceptors (Lipinski definition) is 3. The molecule has 108 valence electrons. The Morgan fingerprint density at radius 2 is 1.79 bits per heavy atom. The van der Waals surface area contributed by atoms with Crippen LogP contribution in [0.25, 0.3) is 0 Å². The summed E-state index contributed by atoms with van der Waals surface area (Å²) in [6, 6.07) is 6.82. The van der Waals surface area contributed by atoms with Crippen molar-refractivity contribution >= 4 is 5.69 Å². The van der Waals surface area contributed by atoms with E-state index in [0.717, 1.165) is 39.1 Å². The van der Waals surface area contributed by atoms with Gasteiger partial charge in [0.2, 0.25) is 0 Å². The van der Waals surface area contributed by atoms with E-state index in [4.69, 9.17) is 0 Å². The monoisotopic (exact) mass is 267 g/mol. The summed E-state index contributed by atoms with van der Waals surface area (Å²) in [5.41, 5.74) is 0.589. The van der Waals surface area contributed by atoms with Crippen LogP contribution in [0.1, 0.15) is 13.3 Å². The average molecular weight is 267 g/mol. The van der Waals surface area contributed by atoms with Crippen LogP contribution in [-0.2, 0) is 0 Å². The van der Waals surface area contributed by atoms with Gasteiger partial charge in [0, 0.05) is 26.2 Å². The Morgan fingerprint density at radius 1 is 1.05 bits per heavy atom. The van der Waals surface area contributed by atoms with Crippen LogP contribution < -0.4 is 5.32 Å². The van der Waals surface area contributed by atoms with Gasteiger partial charge in [0.1, 0.15) is 5.82 Å². The van der Waals surface area contributed by atoms with Gasteiger partial charge in [0.25, 0.3) is 0 Å².